The minimum absolute atomic E-state index is 0.374. The van der Waals surface area contributed by atoms with Crippen molar-refractivity contribution in [2.24, 2.45) is 12.9 Å². The minimum atomic E-state index is -0.387. The van der Waals surface area contributed by atoms with Crippen LogP contribution in [0.3, 0.4) is 0 Å². The molecule has 27 heavy (non-hydrogen) atoms. The summed E-state index contributed by atoms with van der Waals surface area (Å²) in [4.78, 5) is 17.6. The molecule has 0 unspecified atom stereocenters. The molecule has 1 heterocycles. The van der Waals surface area contributed by atoms with Crippen LogP contribution in [0, 0.1) is 6.92 Å². The van der Waals surface area contributed by atoms with Crippen LogP contribution >= 0.6 is 23.2 Å². The fourth-order valence-corrected chi connectivity index (χ4v) is 3.35. The average molecular weight is 406 g/mol. The number of hydrogen-bond donors (Lipinski definition) is 1. The molecular weight excluding hydrogens is 389 g/mol. The Hall–Kier alpha value is -2.61. The highest BCUT2D eigenvalue weighted by Crippen LogP contribution is 2.33. The van der Waals surface area contributed by atoms with Crippen molar-refractivity contribution in [2.75, 3.05) is 0 Å². The molecule has 0 bridgehead atoms. The second-order valence-corrected chi connectivity index (χ2v) is 6.87. The Labute approximate surface area is 165 Å². The summed E-state index contributed by atoms with van der Waals surface area (Å²) >= 11 is 12.2. The first-order chi connectivity index (χ1) is 12.8. The quantitative estimate of drug-likeness (QED) is 0.408. The van der Waals surface area contributed by atoms with Gasteiger partial charge in [-0.25, -0.2) is 4.79 Å². The lowest BCUT2D eigenvalue weighted by atomic mass is 9.98. The third kappa shape index (κ3) is 3.62. The van der Waals surface area contributed by atoms with E-state index in [1.807, 2.05) is 26.0 Å². The Bertz CT molecular complexity index is 1080. The van der Waals surface area contributed by atoms with E-state index in [1.54, 1.807) is 24.3 Å². The van der Waals surface area contributed by atoms with Crippen molar-refractivity contribution in [1.82, 2.24) is 19.8 Å². The van der Waals surface area contributed by atoms with Gasteiger partial charge in [0.05, 0.1) is 5.69 Å². The maximum atomic E-state index is 12.4. The maximum Gasteiger partial charge on any atom is 0.368 e. The Morgan fingerprint density at radius 1 is 1.15 bits per heavy atom. The van der Waals surface area contributed by atoms with E-state index in [1.165, 1.54) is 11.7 Å². The third-order valence-electron chi connectivity index (χ3n) is 4.18. The molecule has 0 atom stereocenters. The van der Waals surface area contributed by atoms with Gasteiger partial charge in [-0.1, -0.05) is 35.3 Å². The van der Waals surface area contributed by atoms with Gasteiger partial charge in [-0.3, -0.25) is 0 Å². The molecule has 2 N–H and O–H groups in total. The van der Waals surface area contributed by atoms with Crippen LogP contribution in [0.4, 0.5) is 0 Å². The highest BCUT2D eigenvalue weighted by atomic mass is 35.5. The van der Waals surface area contributed by atoms with Gasteiger partial charge >= 0.3 is 5.69 Å². The summed E-state index contributed by atoms with van der Waals surface area (Å²) in [5.41, 5.74) is 3.03. The monoisotopic (exact) mass is 405 g/mol. The second-order valence-electron chi connectivity index (χ2n) is 6.00. The molecule has 3 rings (SSSR count). The molecule has 0 aliphatic carbocycles. The number of rotatable bonds is 4. The number of aromatic nitrogens is 4. The zero-order chi connectivity index (χ0) is 19.7. The van der Waals surface area contributed by atoms with Crippen LogP contribution in [0.5, 0.6) is 0 Å². The number of halogens is 2. The van der Waals surface area contributed by atoms with Crippen molar-refractivity contribution in [2.45, 2.75) is 13.8 Å². The molecule has 7 nitrogen and oxygen atoms in total. The summed E-state index contributed by atoms with van der Waals surface area (Å²) in [7, 11) is 1.52. The topological polar surface area (TPSA) is 88.0 Å². The van der Waals surface area contributed by atoms with E-state index >= 15 is 0 Å². The molecule has 1 aromatic heterocycles. The van der Waals surface area contributed by atoms with Crippen molar-refractivity contribution in [3.8, 4) is 5.69 Å². The predicted molar refractivity (Wildman–Crippen MR) is 106 cm³/mol. The smallest absolute Gasteiger partial charge is 0.368 e. The van der Waals surface area contributed by atoms with Gasteiger partial charge in [0.2, 0.25) is 0 Å². The van der Waals surface area contributed by atoms with Crippen LogP contribution in [0.2, 0.25) is 10.0 Å². The zero-order valence-corrected chi connectivity index (χ0v) is 16.4. The lowest BCUT2D eigenvalue weighted by molar-refractivity contribution is 0.291. The fraction of sp³-hybridized carbons (Fsp3) is 0.167. The molecule has 0 amide bonds. The summed E-state index contributed by atoms with van der Waals surface area (Å²) < 4.78 is 2.34. The van der Waals surface area contributed by atoms with Crippen LogP contribution < -0.4 is 11.6 Å². The first-order valence-electron chi connectivity index (χ1n) is 7.97. The third-order valence-corrected chi connectivity index (χ3v) is 4.62. The zero-order valence-electron chi connectivity index (χ0n) is 14.9. The number of tetrazole rings is 1. The average Bonchev–Trinajstić information content (AvgIpc) is 2.95. The van der Waals surface area contributed by atoms with E-state index < -0.39 is 0 Å². The largest absolute Gasteiger partial charge is 0.410 e. The Morgan fingerprint density at radius 3 is 2.37 bits per heavy atom. The SMILES string of the molecule is C/C(=C(\ON)c1c(C)cccc1-n1nnn(C)c1=O)c1cc(Cl)cc(Cl)c1. The number of allylic oxidation sites excluding steroid dienone is 1. The fourth-order valence-electron chi connectivity index (χ4n) is 2.83. The van der Waals surface area contributed by atoms with Gasteiger partial charge in [-0.15, -0.1) is 0 Å². The molecule has 9 heteroatoms. The van der Waals surface area contributed by atoms with E-state index in [4.69, 9.17) is 33.9 Å². The van der Waals surface area contributed by atoms with Gasteiger partial charge in [0.25, 0.3) is 0 Å². The summed E-state index contributed by atoms with van der Waals surface area (Å²) in [6, 6.07) is 10.6. The van der Waals surface area contributed by atoms with Crippen molar-refractivity contribution >= 4 is 34.5 Å². The highest BCUT2D eigenvalue weighted by Gasteiger charge is 2.20. The highest BCUT2D eigenvalue weighted by molar-refractivity contribution is 6.34. The van der Waals surface area contributed by atoms with E-state index in [2.05, 4.69) is 10.4 Å². The Kier molecular flexibility index (Phi) is 5.36. The van der Waals surface area contributed by atoms with Gasteiger partial charge < -0.3 is 4.84 Å². The lowest BCUT2D eigenvalue weighted by Crippen LogP contribution is -2.23. The molecule has 0 fully saturated rings. The van der Waals surface area contributed by atoms with Gasteiger partial charge in [0.1, 0.15) is 0 Å². The second kappa shape index (κ2) is 7.56. The molecule has 140 valence electrons. The Balaban J connectivity index is 2.30. The first kappa shape index (κ1) is 19.2. The number of hydrogen-bond acceptors (Lipinski definition) is 5. The molecule has 0 spiro atoms. The summed E-state index contributed by atoms with van der Waals surface area (Å²) in [6.07, 6.45) is 0. The van der Waals surface area contributed by atoms with E-state index in [0.717, 1.165) is 15.8 Å². The van der Waals surface area contributed by atoms with E-state index in [-0.39, 0.29) is 5.69 Å². The maximum absolute atomic E-state index is 12.4. The van der Waals surface area contributed by atoms with Crippen molar-refractivity contribution in [3.63, 3.8) is 0 Å². The van der Waals surface area contributed by atoms with Gasteiger partial charge in [-0.05, 0) is 59.7 Å². The summed E-state index contributed by atoms with van der Waals surface area (Å²) in [6.45, 7) is 3.72. The van der Waals surface area contributed by atoms with Crippen LogP contribution in [0.25, 0.3) is 17.0 Å². The molecule has 0 radical (unpaired) electrons. The van der Waals surface area contributed by atoms with Crippen molar-refractivity contribution in [3.05, 3.63) is 73.6 Å². The molecule has 2 aromatic carbocycles. The number of nitrogens with two attached hydrogens (primary N) is 1. The standard InChI is InChI=1S/C18H17Cl2N5O2/c1-10-5-4-6-15(25-18(26)24(3)22-23-25)16(10)17(27-21)11(2)12-7-13(19)9-14(20)8-12/h4-9H,21H2,1-3H3/b17-11+. The molecule has 0 aliphatic rings. The lowest BCUT2D eigenvalue weighted by Gasteiger charge is -2.16. The number of nitrogens with zero attached hydrogens (tertiary/aromatic N) is 4. The predicted octanol–water partition coefficient (Wildman–Crippen LogP) is 3.36. The van der Waals surface area contributed by atoms with Crippen molar-refractivity contribution in [1.29, 1.82) is 0 Å². The normalized spacial score (nSPS) is 12.1. The van der Waals surface area contributed by atoms with E-state index in [0.29, 0.717) is 32.6 Å². The molecular formula is C18H17Cl2N5O2. The van der Waals surface area contributed by atoms with Crippen LogP contribution in [0.1, 0.15) is 23.6 Å². The first-order valence-corrected chi connectivity index (χ1v) is 8.72. The van der Waals surface area contributed by atoms with Crippen molar-refractivity contribution < 1.29 is 4.84 Å². The molecule has 0 saturated heterocycles. The summed E-state index contributed by atoms with van der Waals surface area (Å²) in [5.74, 6) is 6.00. The minimum Gasteiger partial charge on any atom is -0.410 e. The Morgan fingerprint density at radius 2 is 1.81 bits per heavy atom. The molecule has 0 saturated carbocycles. The molecule has 3 aromatic rings. The van der Waals surface area contributed by atoms with E-state index in [9.17, 15) is 4.79 Å². The van der Waals surface area contributed by atoms with Crippen LogP contribution in [-0.4, -0.2) is 19.8 Å². The molecule has 0 aliphatic heterocycles. The number of benzene rings is 2. The van der Waals surface area contributed by atoms with Gasteiger partial charge in [0.15, 0.2) is 5.76 Å². The van der Waals surface area contributed by atoms with Crippen LogP contribution in [-0.2, 0) is 11.9 Å². The van der Waals surface area contributed by atoms with Gasteiger partial charge in [-0.2, -0.15) is 15.3 Å². The van der Waals surface area contributed by atoms with Gasteiger partial charge in [0, 0.05) is 28.2 Å². The summed E-state index contributed by atoms with van der Waals surface area (Å²) in [5, 5.41) is 8.67. The van der Waals surface area contributed by atoms with Crippen LogP contribution in [0.15, 0.2) is 41.2 Å². The number of aryl methyl sites for hydroxylation is 2.